The average Bonchev–Trinajstić information content (AvgIpc) is 2.65. The van der Waals surface area contributed by atoms with E-state index in [4.69, 9.17) is 5.11 Å². The van der Waals surface area contributed by atoms with Gasteiger partial charge in [0.05, 0.1) is 12.1 Å². The van der Waals surface area contributed by atoms with Crippen LogP contribution in [-0.4, -0.2) is 41.5 Å². The normalized spacial score (nSPS) is 10.6. The first-order chi connectivity index (χ1) is 12.5. The van der Waals surface area contributed by atoms with Crippen molar-refractivity contribution in [2.75, 3.05) is 30.3 Å². The smallest absolute Gasteiger partial charge is 0.335 e. The average molecular weight is 355 g/mol. The molecule has 0 aliphatic heterocycles. The minimum absolute atomic E-state index is 0.0417. The molecule has 0 aliphatic carbocycles. The van der Waals surface area contributed by atoms with Gasteiger partial charge >= 0.3 is 5.97 Å². The number of carbonyl (C=O) groups excluding carboxylic acids is 1. The van der Waals surface area contributed by atoms with Crippen LogP contribution in [0.25, 0.3) is 0 Å². The van der Waals surface area contributed by atoms with Gasteiger partial charge in [0.1, 0.15) is 0 Å². The Bertz CT molecular complexity index is 757. The quantitative estimate of drug-likeness (QED) is 0.643. The van der Waals surface area contributed by atoms with Gasteiger partial charge in [-0.15, -0.1) is 0 Å². The number of carbonyl (C=O) groups is 2. The van der Waals surface area contributed by atoms with E-state index in [0.717, 1.165) is 30.0 Å². The van der Waals surface area contributed by atoms with Crippen molar-refractivity contribution in [3.8, 4) is 0 Å². The number of amides is 1. The lowest BCUT2D eigenvalue weighted by Gasteiger charge is -2.17. The van der Waals surface area contributed by atoms with Gasteiger partial charge in [0, 0.05) is 17.9 Å². The second-order valence-electron chi connectivity index (χ2n) is 5.95. The molecular weight excluding hydrogens is 330 g/mol. The van der Waals surface area contributed by atoms with E-state index in [2.05, 4.69) is 10.6 Å². The molecule has 0 radical (unpaired) electrons. The van der Waals surface area contributed by atoms with Crippen LogP contribution in [0.15, 0.2) is 48.5 Å². The monoisotopic (exact) mass is 355 g/mol. The molecule has 1 amide bonds. The Morgan fingerprint density at radius 2 is 1.69 bits per heavy atom. The number of carboxylic acid groups (broad SMARTS) is 1. The molecule has 6 nitrogen and oxygen atoms in total. The van der Waals surface area contributed by atoms with Crippen molar-refractivity contribution in [3.05, 3.63) is 59.7 Å². The zero-order chi connectivity index (χ0) is 18.9. The summed E-state index contributed by atoms with van der Waals surface area (Å²) in [5.74, 6) is -0.982. The maximum atomic E-state index is 12.1. The Labute approximate surface area is 153 Å². The van der Waals surface area contributed by atoms with Gasteiger partial charge in [0.2, 0.25) is 5.91 Å². The molecule has 0 bridgehead atoms. The van der Waals surface area contributed by atoms with Crippen LogP contribution in [0, 0.1) is 0 Å². The number of likely N-dealkylation sites (N-methyl/N-ethyl adjacent to an activating group) is 1. The van der Waals surface area contributed by atoms with Gasteiger partial charge in [-0.3, -0.25) is 9.69 Å². The molecule has 0 saturated carbocycles. The molecule has 0 heterocycles. The summed E-state index contributed by atoms with van der Waals surface area (Å²) in [5, 5.41) is 15.2. The molecule has 2 aromatic rings. The van der Waals surface area contributed by atoms with Gasteiger partial charge in [-0.25, -0.2) is 4.79 Å². The molecule has 138 valence electrons. The lowest BCUT2D eigenvalue weighted by atomic mass is 10.1. The lowest BCUT2D eigenvalue weighted by Crippen LogP contribution is -2.32. The van der Waals surface area contributed by atoms with Crippen LogP contribution in [0.2, 0.25) is 0 Å². The number of aromatic carboxylic acids is 1. The summed E-state index contributed by atoms with van der Waals surface area (Å²) in [4.78, 5) is 25.2. The second-order valence-corrected chi connectivity index (χ2v) is 5.95. The standard InChI is InChI=1S/C20H25N3O3/c1-3-23(4-2)14-19(24)22-18-10-6-9-17(12-18)21-13-15-7-5-8-16(11-15)20(25)26/h5-12,21H,3-4,13-14H2,1-2H3,(H,22,24)(H,25,26). The van der Waals surface area contributed by atoms with Crippen molar-refractivity contribution in [3.63, 3.8) is 0 Å². The highest BCUT2D eigenvalue weighted by atomic mass is 16.4. The molecule has 0 spiro atoms. The highest BCUT2D eigenvalue weighted by molar-refractivity contribution is 5.92. The highest BCUT2D eigenvalue weighted by Gasteiger charge is 2.08. The summed E-state index contributed by atoms with van der Waals surface area (Å²) < 4.78 is 0. The summed E-state index contributed by atoms with van der Waals surface area (Å²) in [7, 11) is 0. The third-order valence-corrected chi connectivity index (χ3v) is 4.08. The van der Waals surface area contributed by atoms with Crippen LogP contribution >= 0.6 is 0 Å². The van der Waals surface area contributed by atoms with Crippen LogP contribution in [-0.2, 0) is 11.3 Å². The molecule has 6 heteroatoms. The summed E-state index contributed by atoms with van der Waals surface area (Å²) in [6, 6.07) is 14.3. The Kier molecular flexibility index (Phi) is 7.17. The number of benzene rings is 2. The van der Waals surface area contributed by atoms with Crippen LogP contribution in [0.1, 0.15) is 29.8 Å². The fraction of sp³-hybridized carbons (Fsp3) is 0.300. The Morgan fingerprint density at radius 1 is 1.00 bits per heavy atom. The molecule has 0 fully saturated rings. The van der Waals surface area contributed by atoms with E-state index in [9.17, 15) is 9.59 Å². The van der Waals surface area contributed by atoms with Crippen molar-refractivity contribution < 1.29 is 14.7 Å². The first-order valence-electron chi connectivity index (χ1n) is 8.70. The maximum Gasteiger partial charge on any atom is 0.335 e. The second kappa shape index (κ2) is 9.58. The fourth-order valence-corrected chi connectivity index (χ4v) is 2.58. The molecule has 0 unspecified atom stereocenters. The van der Waals surface area contributed by atoms with Gasteiger partial charge in [-0.05, 0) is 49.0 Å². The third kappa shape index (κ3) is 5.89. The number of anilines is 2. The Hall–Kier alpha value is -2.86. The van der Waals surface area contributed by atoms with Crippen LogP contribution in [0.5, 0.6) is 0 Å². The fourth-order valence-electron chi connectivity index (χ4n) is 2.58. The van der Waals surface area contributed by atoms with E-state index in [1.807, 2.05) is 49.1 Å². The predicted molar refractivity (Wildman–Crippen MR) is 104 cm³/mol. The number of hydrogen-bond donors (Lipinski definition) is 3. The number of rotatable bonds is 9. The van der Waals surface area contributed by atoms with E-state index >= 15 is 0 Å². The number of hydrogen-bond acceptors (Lipinski definition) is 4. The minimum atomic E-state index is -0.940. The van der Waals surface area contributed by atoms with Gasteiger partial charge in [-0.1, -0.05) is 32.0 Å². The van der Waals surface area contributed by atoms with E-state index in [-0.39, 0.29) is 11.5 Å². The lowest BCUT2D eigenvalue weighted by molar-refractivity contribution is -0.117. The first-order valence-corrected chi connectivity index (χ1v) is 8.70. The molecule has 2 rings (SSSR count). The van der Waals surface area contributed by atoms with Crippen molar-refractivity contribution >= 4 is 23.3 Å². The van der Waals surface area contributed by atoms with Crippen molar-refractivity contribution in [1.29, 1.82) is 0 Å². The SMILES string of the molecule is CCN(CC)CC(=O)Nc1cccc(NCc2cccc(C(=O)O)c2)c1. The van der Waals surface area contributed by atoms with Gasteiger partial charge in [0.25, 0.3) is 0 Å². The highest BCUT2D eigenvalue weighted by Crippen LogP contribution is 2.16. The minimum Gasteiger partial charge on any atom is -0.478 e. The van der Waals surface area contributed by atoms with E-state index < -0.39 is 5.97 Å². The number of carboxylic acids is 1. The Balaban J connectivity index is 1.95. The van der Waals surface area contributed by atoms with Gasteiger partial charge in [-0.2, -0.15) is 0 Å². The van der Waals surface area contributed by atoms with Crippen LogP contribution in [0.4, 0.5) is 11.4 Å². The molecule has 0 aliphatic rings. The van der Waals surface area contributed by atoms with E-state index in [1.54, 1.807) is 18.2 Å². The number of nitrogens with zero attached hydrogens (tertiary/aromatic N) is 1. The Morgan fingerprint density at radius 3 is 2.38 bits per heavy atom. The molecule has 2 aromatic carbocycles. The van der Waals surface area contributed by atoms with Gasteiger partial charge < -0.3 is 15.7 Å². The zero-order valence-corrected chi connectivity index (χ0v) is 15.2. The van der Waals surface area contributed by atoms with Crippen molar-refractivity contribution in [2.45, 2.75) is 20.4 Å². The molecule has 0 saturated heterocycles. The molecule has 0 atom stereocenters. The summed E-state index contributed by atoms with van der Waals surface area (Å²) in [5.41, 5.74) is 2.72. The van der Waals surface area contributed by atoms with Crippen molar-refractivity contribution in [2.24, 2.45) is 0 Å². The molecule has 0 aromatic heterocycles. The largest absolute Gasteiger partial charge is 0.478 e. The van der Waals surface area contributed by atoms with Crippen LogP contribution < -0.4 is 10.6 Å². The summed E-state index contributed by atoms with van der Waals surface area (Å²) in [6.45, 7) is 6.59. The van der Waals surface area contributed by atoms with Gasteiger partial charge in [0.15, 0.2) is 0 Å². The maximum absolute atomic E-state index is 12.1. The van der Waals surface area contributed by atoms with Crippen LogP contribution in [0.3, 0.4) is 0 Å². The number of nitrogens with one attached hydrogen (secondary N) is 2. The zero-order valence-electron chi connectivity index (χ0n) is 15.2. The molecular formula is C20H25N3O3. The van der Waals surface area contributed by atoms with Crippen molar-refractivity contribution in [1.82, 2.24) is 4.90 Å². The molecule has 26 heavy (non-hydrogen) atoms. The summed E-state index contributed by atoms with van der Waals surface area (Å²) in [6.07, 6.45) is 0. The summed E-state index contributed by atoms with van der Waals surface area (Å²) >= 11 is 0. The van der Waals surface area contributed by atoms with E-state index in [0.29, 0.717) is 13.1 Å². The predicted octanol–water partition coefficient (Wildman–Crippen LogP) is 3.28. The molecule has 3 N–H and O–H groups in total. The third-order valence-electron chi connectivity index (χ3n) is 4.08. The first kappa shape index (κ1) is 19.5. The topological polar surface area (TPSA) is 81.7 Å². The van der Waals surface area contributed by atoms with E-state index in [1.165, 1.54) is 0 Å².